The van der Waals surface area contributed by atoms with Crippen LogP contribution in [0.2, 0.25) is 0 Å². The smallest absolute Gasteiger partial charge is 0.319 e. The zero-order valence-electron chi connectivity index (χ0n) is 14.5. The number of rotatable bonds is 7. The maximum absolute atomic E-state index is 12.0. The number of anilines is 1. The van der Waals surface area contributed by atoms with E-state index in [2.05, 4.69) is 16.0 Å². The van der Waals surface area contributed by atoms with Crippen molar-refractivity contribution in [2.24, 2.45) is 0 Å². The van der Waals surface area contributed by atoms with Gasteiger partial charge in [-0.1, -0.05) is 24.3 Å². The molecular formula is C20H19N3O4. The lowest BCUT2D eigenvalue weighted by Crippen LogP contribution is -2.36. The van der Waals surface area contributed by atoms with Crippen molar-refractivity contribution < 1.29 is 18.7 Å². The number of carbonyl (C=O) groups is 2. The molecule has 0 saturated heterocycles. The van der Waals surface area contributed by atoms with Crippen molar-refractivity contribution in [2.75, 3.05) is 18.4 Å². The molecule has 0 aliphatic rings. The normalized spacial score (nSPS) is 10.1. The van der Waals surface area contributed by atoms with Gasteiger partial charge in [-0.2, -0.15) is 0 Å². The zero-order chi connectivity index (χ0) is 18.9. The van der Waals surface area contributed by atoms with Gasteiger partial charge in [0.25, 0.3) is 5.91 Å². The first-order valence-corrected chi connectivity index (χ1v) is 8.40. The van der Waals surface area contributed by atoms with Gasteiger partial charge in [-0.15, -0.1) is 0 Å². The molecule has 2 aromatic carbocycles. The van der Waals surface area contributed by atoms with Crippen molar-refractivity contribution in [3.8, 4) is 11.5 Å². The van der Waals surface area contributed by atoms with Crippen LogP contribution in [0.3, 0.4) is 0 Å². The monoisotopic (exact) mass is 365 g/mol. The van der Waals surface area contributed by atoms with Crippen LogP contribution in [0, 0.1) is 0 Å². The second kappa shape index (κ2) is 9.10. The Kier molecular flexibility index (Phi) is 6.08. The SMILES string of the molecule is O=C(NCCNC(=O)c1ccco1)Nc1cccc(Oc2ccccc2)c1. The van der Waals surface area contributed by atoms with Gasteiger partial charge in [0.15, 0.2) is 5.76 Å². The number of benzene rings is 2. The van der Waals surface area contributed by atoms with Gasteiger partial charge in [-0.25, -0.2) is 4.79 Å². The van der Waals surface area contributed by atoms with Crippen LogP contribution in [0.1, 0.15) is 10.6 Å². The molecule has 3 rings (SSSR count). The van der Waals surface area contributed by atoms with Gasteiger partial charge < -0.3 is 25.1 Å². The Balaban J connectivity index is 1.42. The van der Waals surface area contributed by atoms with E-state index in [9.17, 15) is 9.59 Å². The molecule has 0 unspecified atom stereocenters. The fourth-order valence-corrected chi connectivity index (χ4v) is 2.28. The number of amides is 3. The molecule has 1 heterocycles. The minimum Gasteiger partial charge on any atom is -0.459 e. The first kappa shape index (κ1) is 18.1. The summed E-state index contributed by atoms with van der Waals surface area (Å²) in [5.74, 6) is 1.23. The second-order valence-electron chi connectivity index (χ2n) is 5.56. The first-order valence-electron chi connectivity index (χ1n) is 8.40. The fourth-order valence-electron chi connectivity index (χ4n) is 2.28. The van der Waals surface area contributed by atoms with E-state index >= 15 is 0 Å². The Morgan fingerprint density at radius 1 is 0.852 bits per heavy atom. The van der Waals surface area contributed by atoms with Gasteiger partial charge in [-0.3, -0.25) is 4.79 Å². The molecule has 7 nitrogen and oxygen atoms in total. The predicted molar refractivity (Wildman–Crippen MR) is 101 cm³/mol. The van der Waals surface area contributed by atoms with Crippen LogP contribution in [0.5, 0.6) is 11.5 Å². The third-order valence-corrected chi connectivity index (χ3v) is 3.51. The molecule has 0 bridgehead atoms. The summed E-state index contributed by atoms with van der Waals surface area (Å²) in [5.41, 5.74) is 0.598. The van der Waals surface area contributed by atoms with E-state index < -0.39 is 0 Å². The van der Waals surface area contributed by atoms with Crippen molar-refractivity contribution >= 4 is 17.6 Å². The molecule has 0 aliphatic carbocycles. The molecule has 3 N–H and O–H groups in total. The van der Waals surface area contributed by atoms with E-state index in [4.69, 9.17) is 9.15 Å². The minimum absolute atomic E-state index is 0.231. The molecule has 3 aromatic rings. The summed E-state index contributed by atoms with van der Waals surface area (Å²) in [4.78, 5) is 23.6. The van der Waals surface area contributed by atoms with E-state index in [0.717, 1.165) is 0 Å². The Bertz CT molecular complexity index is 879. The van der Waals surface area contributed by atoms with Crippen LogP contribution in [-0.4, -0.2) is 25.0 Å². The molecular weight excluding hydrogens is 346 g/mol. The Hall–Kier alpha value is -3.74. The second-order valence-corrected chi connectivity index (χ2v) is 5.56. The molecule has 0 radical (unpaired) electrons. The summed E-state index contributed by atoms with van der Waals surface area (Å²) in [7, 11) is 0. The van der Waals surface area contributed by atoms with Crippen LogP contribution >= 0.6 is 0 Å². The quantitative estimate of drug-likeness (QED) is 0.558. The number of hydrogen-bond acceptors (Lipinski definition) is 4. The standard InChI is InChI=1S/C20H19N3O4/c24-19(18-10-5-13-26-18)21-11-12-22-20(25)23-15-6-4-9-17(14-15)27-16-7-2-1-3-8-16/h1-10,13-14H,11-12H2,(H,21,24)(H2,22,23,25). The molecule has 1 aromatic heterocycles. The molecule has 0 saturated carbocycles. The Morgan fingerprint density at radius 2 is 1.63 bits per heavy atom. The van der Waals surface area contributed by atoms with Crippen LogP contribution in [0.15, 0.2) is 77.4 Å². The molecule has 3 amide bonds. The number of nitrogens with one attached hydrogen (secondary N) is 3. The van der Waals surface area contributed by atoms with E-state index in [0.29, 0.717) is 17.2 Å². The van der Waals surface area contributed by atoms with Crippen molar-refractivity contribution in [1.82, 2.24) is 10.6 Å². The number of urea groups is 1. The van der Waals surface area contributed by atoms with Gasteiger partial charge >= 0.3 is 6.03 Å². The average molecular weight is 365 g/mol. The highest BCUT2D eigenvalue weighted by atomic mass is 16.5. The maximum Gasteiger partial charge on any atom is 0.319 e. The van der Waals surface area contributed by atoms with Crippen molar-refractivity contribution in [3.05, 3.63) is 78.8 Å². The van der Waals surface area contributed by atoms with Crippen molar-refractivity contribution in [3.63, 3.8) is 0 Å². The summed E-state index contributed by atoms with van der Waals surface area (Å²) in [6.07, 6.45) is 1.43. The fraction of sp³-hybridized carbons (Fsp3) is 0.100. The van der Waals surface area contributed by atoms with Gasteiger partial charge in [-0.05, 0) is 36.4 Å². The molecule has 0 fully saturated rings. The summed E-state index contributed by atoms with van der Waals surface area (Å²) >= 11 is 0. The summed E-state index contributed by atoms with van der Waals surface area (Å²) in [6.45, 7) is 0.558. The third kappa shape index (κ3) is 5.64. The number of carbonyl (C=O) groups excluding carboxylic acids is 2. The largest absolute Gasteiger partial charge is 0.459 e. The summed E-state index contributed by atoms with van der Waals surface area (Å²) < 4.78 is 10.7. The van der Waals surface area contributed by atoms with Gasteiger partial charge in [0.1, 0.15) is 11.5 Å². The summed E-state index contributed by atoms with van der Waals surface area (Å²) in [6, 6.07) is 19.3. The highest BCUT2D eigenvalue weighted by Crippen LogP contribution is 2.23. The lowest BCUT2D eigenvalue weighted by atomic mass is 10.3. The van der Waals surface area contributed by atoms with Crippen molar-refractivity contribution in [1.29, 1.82) is 0 Å². The minimum atomic E-state index is -0.376. The van der Waals surface area contributed by atoms with Crippen LogP contribution in [0.4, 0.5) is 10.5 Å². The molecule has 7 heteroatoms. The zero-order valence-corrected chi connectivity index (χ0v) is 14.5. The van der Waals surface area contributed by atoms with E-state index in [1.54, 1.807) is 36.4 Å². The lowest BCUT2D eigenvalue weighted by Gasteiger charge is -2.10. The maximum atomic E-state index is 12.0. The van der Waals surface area contributed by atoms with Gasteiger partial charge in [0.2, 0.25) is 0 Å². The topological polar surface area (TPSA) is 92.6 Å². The first-order chi connectivity index (χ1) is 13.2. The summed E-state index contributed by atoms with van der Waals surface area (Å²) in [5, 5.41) is 8.03. The highest BCUT2D eigenvalue weighted by molar-refractivity contribution is 5.91. The van der Waals surface area contributed by atoms with E-state index in [1.807, 2.05) is 30.3 Å². The number of furan rings is 1. The highest BCUT2D eigenvalue weighted by Gasteiger charge is 2.07. The van der Waals surface area contributed by atoms with Gasteiger partial charge in [0, 0.05) is 24.8 Å². The van der Waals surface area contributed by atoms with Crippen LogP contribution in [-0.2, 0) is 0 Å². The predicted octanol–water partition coefficient (Wildman–Crippen LogP) is 3.62. The number of para-hydroxylation sites is 1. The lowest BCUT2D eigenvalue weighted by molar-refractivity contribution is 0.0926. The molecule has 27 heavy (non-hydrogen) atoms. The van der Waals surface area contributed by atoms with Crippen LogP contribution < -0.4 is 20.7 Å². The average Bonchev–Trinajstić information content (AvgIpc) is 3.21. The molecule has 138 valence electrons. The molecule has 0 aliphatic heterocycles. The molecule has 0 atom stereocenters. The van der Waals surface area contributed by atoms with E-state index in [1.165, 1.54) is 6.26 Å². The molecule has 0 spiro atoms. The number of hydrogen-bond donors (Lipinski definition) is 3. The third-order valence-electron chi connectivity index (χ3n) is 3.51. The Morgan fingerprint density at radius 3 is 2.41 bits per heavy atom. The van der Waals surface area contributed by atoms with Crippen molar-refractivity contribution in [2.45, 2.75) is 0 Å². The van der Waals surface area contributed by atoms with Crippen LogP contribution in [0.25, 0.3) is 0 Å². The Labute approximate surface area is 156 Å². The number of ether oxygens (including phenoxy) is 1. The van der Waals surface area contributed by atoms with Gasteiger partial charge in [0.05, 0.1) is 6.26 Å². The van der Waals surface area contributed by atoms with E-state index in [-0.39, 0.29) is 30.8 Å².